The van der Waals surface area contributed by atoms with E-state index < -0.39 is 0 Å². The van der Waals surface area contributed by atoms with Crippen LogP contribution in [0.3, 0.4) is 0 Å². The summed E-state index contributed by atoms with van der Waals surface area (Å²) in [5, 5.41) is 0. The molecular formula is C10H22N2O. The molecule has 0 atom stereocenters. The Morgan fingerprint density at radius 3 is 2.38 bits per heavy atom. The van der Waals surface area contributed by atoms with Gasteiger partial charge in [0.2, 0.25) is 0 Å². The van der Waals surface area contributed by atoms with Crippen molar-refractivity contribution in [3.8, 4) is 0 Å². The maximum absolute atomic E-state index is 5.22. The Morgan fingerprint density at radius 2 is 1.92 bits per heavy atom. The van der Waals surface area contributed by atoms with Crippen LogP contribution in [0.25, 0.3) is 0 Å². The standard InChI is InChI=1S/C10H22N2O/c1-4-11(5-2)6-7-12-8-10(9-12)13-3/h10H,4-9H2,1-3H3. The summed E-state index contributed by atoms with van der Waals surface area (Å²) in [4.78, 5) is 4.91. The van der Waals surface area contributed by atoms with E-state index in [0.29, 0.717) is 6.10 Å². The Bertz CT molecular complexity index is 131. The van der Waals surface area contributed by atoms with Crippen molar-refractivity contribution in [3.05, 3.63) is 0 Å². The van der Waals surface area contributed by atoms with E-state index in [-0.39, 0.29) is 0 Å². The first-order valence-electron chi connectivity index (χ1n) is 5.27. The molecule has 0 aliphatic carbocycles. The van der Waals surface area contributed by atoms with Crippen LogP contribution in [-0.2, 0) is 4.74 Å². The Labute approximate surface area is 81.7 Å². The number of hydrogen-bond acceptors (Lipinski definition) is 3. The maximum Gasteiger partial charge on any atom is 0.0824 e. The molecule has 1 aliphatic rings. The first kappa shape index (κ1) is 11.0. The lowest BCUT2D eigenvalue weighted by Gasteiger charge is -2.39. The highest BCUT2D eigenvalue weighted by Gasteiger charge is 2.25. The third-order valence-electron chi connectivity index (χ3n) is 2.88. The van der Waals surface area contributed by atoms with Gasteiger partial charge in [-0.15, -0.1) is 0 Å². The second-order valence-corrected chi connectivity index (χ2v) is 3.64. The van der Waals surface area contributed by atoms with Crippen molar-refractivity contribution >= 4 is 0 Å². The summed E-state index contributed by atoms with van der Waals surface area (Å²) in [6, 6.07) is 0. The molecule has 0 unspecified atom stereocenters. The summed E-state index contributed by atoms with van der Waals surface area (Å²) < 4.78 is 5.22. The molecule has 78 valence electrons. The summed E-state index contributed by atoms with van der Waals surface area (Å²) in [5.41, 5.74) is 0. The van der Waals surface area contributed by atoms with Crippen LogP contribution in [0.2, 0.25) is 0 Å². The largest absolute Gasteiger partial charge is 0.379 e. The minimum Gasteiger partial charge on any atom is -0.379 e. The molecule has 0 aromatic heterocycles. The van der Waals surface area contributed by atoms with Crippen molar-refractivity contribution in [3.63, 3.8) is 0 Å². The molecule has 0 saturated carbocycles. The number of likely N-dealkylation sites (N-methyl/N-ethyl adjacent to an activating group) is 1. The Hall–Kier alpha value is -0.120. The molecule has 0 radical (unpaired) electrons. The van der Waals surface area contributed by atoms with Crippen LogP contribution in [0.4, 0.5) is 0 Å². The average molecular weight is 186 g/mol. The van der Waals surface area contributed by atoms with Gasteiger partial charge in [-0.2, -0.15) is 0 Å². The van der Waals surface area contributed by atoms with Gasteiger partial charge in [0.1, 0.15) is 0 Å². The fraction of sp³-hybridized carbons (Fsp3) is 1.00. The Balaban J connectivity index is 2.01. The zero-order valence-electron chi connectivity index (χ0n) is 9.12. The molecule has 0 spiro atoms. The fourth-order valence-corrected chi connectivity index (χ4v) is 1.68. The molecular weight excluding hydrogens is 164 g/mol. The van der Waals surface area contributed by atoms with Gasteiger partial charge in [0, 0.05) is 33.3 Å². The van der Waals surface area contributed by atoms with Gasteiger partial charge in [-0.3, -0.25) is 4.90 Å². The maximum atomic E-state index is 5.22. The van der Waals surface area contributed by atoms with Crippen molar-refractivity contribution in [2.75, 3.05) is 46.4 Å². The van der Waals surface area contributed by atoms with Gasteiger partial charge in [0.15, 0.2) is 0 Å². The molecule has 1 rings (SSSR count). The molecule has 0 bridgehead atoms. The van der Waals surface area contributed by atoms with Gasteiger partial charge in [0.25, 0.3) is 0 Å². The summed E-state index contributed by atoms with van der Waals surface area (Å²) >= 11 is 0. The number of hydrogen-bond donors (Lipinski definition) is 0. The predicted molar refractivity (Wildman–Crippen MR) is 55.0 cm³/mol. The molecule has 0 aromatic carbocycles. The van der Waals surface area contributed by atoms with E-state index >= 15 is 0 Å². The van der Waals surface area contributed by atoms with E-state index in [1.165, 1.54) is 13.1 Å². The van der Waals surface area contributed by atoms with Gasteiger partial charge in [0.05, 0.1) is 6.10 Å². The average Bonchev–Trinajstić information content (AvgIpc) is 2.09. The number of rotatable bonds is 6. The van der Waals surface area contributed by atoms with Crippen LogP contribution >= 0.6 is 0 Å². The lowest BCUT2D eigenvalue weighted by atomic mass is 10.2. The molecule has 0 amide bonds. The van der Waals surface area contributed by atoms with Crippen LogP contribution in [0.5, 0.6) is 0 Å². The highest BCUT2D eigenvalue weighted by Crippen LogP contribution is 2.09. The first-order chi connectivity index (χ1) is 6.30. The Kier molecular flexibility index (Phi) is 4.70. The van der Waals surface area contributed by atoms with Gasteiger partial charge >= 0.3 is 0 Å². The number of likely N-dealkylation sites (tertiary alicyclic amines) is 1. The number of ether oxygens (including phenoxy) is 1. The van der Waals surface area contributed by atoms with Crippen molar-refractivity contribution in [1.82, 2.24) is 9.80 Å². The van der Waals surface area contributed by atoms with Gasteiger partial charge < -0.3 is 9.64 Å². The quantitative estimate of drug-likeness (QED) is 0.606. The van der Waals surface area contributed by atoms with E-state index in [9.17, 15) is 0 Å². The second-order valence-electron chi connectivity index (χ2n) is 3.64. The molecule has 13 heavy (non-hydrogen) atoms. The zero-order valence-corrected chi connectivity index (χ0v) is 9.12. The molecule has 3 heteroatoms. The molecule has 1 aliphatic heterocycles. The van der Waals surface area contributed by atoms with E-state index in [2.05, 4.69) is 23.6 Å². The van der Waals surface area contributed by atoms with E-state index in [1.54, 1.807) is 7.11 Å². The fourth-order valence-electron chi connectivity index (χ4n) is 1.68. The minimum absolute atomic E-state index is 0.497. The highest BCUT2D eigenvalue weighted by molar-refractivity contribution is 4.80. The van der Waals surface area contributed by atoms with Crippen LogP contribution < -0.4 is 0 Å². The lowest BCUT2D eigenvalue weighted by molar-refractivity contribution is -0.0319. The van der Waals surface area contributed by atoms with E-state index in [1.807, 2.05) is 0 Å². The van der Waals surface area contributed by atoms with Gasteiger partial charge in [-0.1, -0.05) is 13.8 Å². The summed E-state index contributed by atoms with van der Waals surface area (Å²) in [7, 11) is 1.80. The van der Waals surface area contributed by atoms with Crippen molar-refractivity contribution in [2.45, 2.75) is 20.0 Å². The van der Waals surface area contributed by atoms with E-state index in [4.69, 9.17) is 4.74 Å². The van der Waals surface area contributed by atoms with Crippen molar-refractivity contribution in [2.24, 2.45) is 0 Å². The zero-order chi connectivity index (χ0) is 9.68. The van der Waals surface area contributed by atoms with Crippen molar-refractivity contribution < 1.29 is 4.74 Å². The van der Waals surface area contributed by atoms with Crippen LogP contribution in [0.1, 0.15) is 13.8 Å². The van der Waals surface area contributed by atoms with Crippen LogP contribution in [0.15, 0.2) is 0 Å². The molecule has 1 saturated heterocycles. The smallest absolute Gasteiger partial charge is 0.0824 e. The SMILES string of the molecule is CCN(CC)CCN1CC(OC)C1. The van der Waals surface area contributed by atoms with Crippen LogP contribution in [-0.4, -0.2) is 62.3 Å². The molecule has 3 nitrogen and oxygen atoms in total. The minimum atomic E-state index is 0.497. The molecule has 0 N–H and O–H groups in total. The predicted octanol–water partition coefficient (Wildman–Crippen LogP) is 0.659. The second kappa shape index (κ2) is 5.58. The summed E-state index contributed by atoms with van der Waals surface area (Å²) in [6.45, 7) is 11.4. The van der Waals surface area contributed by atoms with Crippen molar-refractivity contribution in [1.29, 1.82) is 0 Å². The molecule has 1 fully saturated rings. The first-order valence-corrected chi connectivity index (χ1v) is 5.27. The third-order valence-corrected chi connectivity index (χ3v) is 2.88. The van der Waals surface area contributed by atoms with Crippen LogP contribution in [0, 0.1) is 0 Å². The van der Waals surface area contributed by atoms with Gasteiger partial charge in [-0.05, 0) is 13.1 Å². The Morgan fingerprint density at radius 1 is 1.31 bits per heavy atom. The third kappa shape index (κ3) is 3.25. The highest BCUT2D eigenvalue weighted by atomic mass is 16.5. The topological polar surface area (TPSA) is 15.7 Å². The van der Waals surface area contributed by atoms with E-state index in [0.717, 1.165) is 26.2 Å². The molecule has 0 aromatic rings. The number of nitrogens with zero attached hydrogens (tertiary/aromatic N) is 2. The lowest BCUT2D eigenvalue weighted by Crippen LogP contribution is -2.53. The normalized spacial score (nSPS) is 19.4. The van der Waals surface area contributed by atoms with Gasteiger partial charge in [-0.25, -0.2) is 0 Å². The summed E-state index contributed by atoms with van der Waals surface area (Å²) in [6.07, 6.45) is 0.497. The summed E-state index contributed by atoms with van der Waals surface area (Å²) in [5.74, 6) is 0. The molecule has 1 heterocycles. The monoisotopic (exact) mass is 186 g/mol. The number of methoxy groups -OCH3 is 1.